The highest BCUT2D eigenvalue weighted by Gasteiger charge is 2.35. The van der Waals surface area contributed by atoms with Crippen LogP contribution in [-0.4, -0.2) is 99.6 Å². The number of thiophene rings is 1. The lowest BCUT2D eigenvalue weighted by Gasteiger charge is -2.31. The van der Waals surface area contributed by atoms with Crippen molar-refractivity contribution in [3.63, 3.8) is 0 Å². The first-order chi connectivity index (χ1) is 20.5. The molecule has 11 heteroatoms. The molecule has 10 nitrogen and oxygen atoms in total. The number of carbonyl (C=O) groups excluding carboxylic acids is 2. The van der Waals surface area contributed by atoms with E-state index in [9.17, 15) is 9.59 Å². The minimum Gasteiger partial charge on any atom is -0.497 e. The lowest BCUT2D eigenvalue weighted by atomic mass is 10.0. The average molecular weight is 593 g/mol. The van der Waals surface area contributed by atoms with Crippen molar-refractivity contribution in [3.8, 4) is 17.2 Å². The average Bonchev–Trinajstić information content (AvgIpc) is 3.74. The first-order valence-electron chi connectivity index (χ1n) is 13.9. The van der Waals surface area contributed by atoms with Crippen molar-refractivity contribution >= 4 is 28.9 Å². The molecule has 2 aliphatic rings. The number of rotatable bonds is 11. The number of benzene rings is 2. The number of hydrazone groups is 1. The summed E-state index contributed by atoms with van der Waals surface area (Å²) in [7, 11) is 4.76. The van der Waals surface area contributed by atoms with Gasteiger partial charge in [-0.2, -0.15) is 5.10 Å². The van der Waals surface area contributed by atoms with E-state index >= 15 is 0 Å². The van der Waals surface area contributed by atoms with Crippen LogP contribution in [0.4, 0.5) is 0 Å². The van der Waals surface area contributed by atoms with E-state index in [1.54, 1.807) is 61.8 Å². The fourth-order valence-electron chi connectivity index (χ4n) is 5.14. The Bertz CT molecular complexity index is 1390. The van der Waals surface area contributed by atoms with Crippen molar-refractivity contribution in [3.05, 3.63) is 76.0 Å². The molecule has 2 amide bonds. The van der Waals surface area contributed by atoms with Crippen LogP contribution in [0, 0.1) is 0 Å². The van der Waals surface area contributed by atoms with E-state index in [-0.39, 0.29) is 24.4 Å². The predicted molar refractivity (Wildman–Crippen MR) is 161 cm³/mol. The third-order valence-electron chi connectivity index (χ3n) is 7.50. The van der Waals surface area contributed by atoms with E-state index in [0.29, 0.717) is 55.5 Å². The van der Waals surface area contributed by atoms with E-state index in [4.69, 9.17) is 24.0 Å². The number of hydrogen-bond acceptors (Lipinski definition) is 9. The lowest BCUT2D eigenvalue weighted by molar-refractivity contribution is -0.133. The zero-order chi connectivity index (χ0) is 29.5. The highest BCUT2D eigenvalue weighted by Crippen LogP contribution is 2.38. The Hall–Kier alpha value is -3.93. The molecule has 0 spiro atoms. The fourth-order valence-corrected chi connectivity index (χ4v) is 5.86. The summed E-state index contributed by atoms with van der Waals surface area (Å²) in [6, 6.07) is 16.2. The van der Waals surface area contributed by atoms with Gasteiger partial charge in [-0.3, -0.25) is 14.5 Å². The van der Waals surface area contributed by atoms with E-state index < -0.39 is 0 Å². The largest absolute Gasteiger partial charge is 0.497 e. The van der Waals surface area contributed by atoms with Crippen molar-refractivity contribution in [1.29, 1.82) is 0 Å². The molecule has 0 saturated carbocycles. The topological polar surface area (TPSA) is 93.1 Å². The Morgan fingerprint density at radius 3 is 2.43 bits per heavy atom. The monoisotopic (exact) mass is 592 g/mol. The summed E-state index contributed by atoms with van der Waals surface area (Å²) in [5, 5.41) is 8.32. The van der Waals surface area contributed by atoms with Gasteiger partial charge in [-0.15, -0.1) is 11.3 Å². The molecule has 3 heterocycles. The quantitative estimate of drug-likeness (QED) is 0.333. The van der Waals surface area contributed by atoms with Gasteiger partial charge in [-0.1, -0.05) is 12.1 Å². The van der Waals surface area contributed by atoms with Crippen molar-refractivity contribution in [2.24, 2.45) is 5.10 Å². The molecule has 1 fully saturated rings. The fraction of sp³-hybridized carbons (Fsp3) is 0.387. The minimum atomic E-state index is -0.355. The molecular weight excluding hydrogens is 556 g/mol. The third-order valence-corrected chi connectivity index (χ3v) is 8.42. The van der Waals surface area contributed by atoms with Crippen molar-refractivity contribution in [2.45, 2.75) is 12.5 Å². The summed E-state index contributed by atoms with van der Waals surface area (Å²) in [5.41, 5.74) is 2.20. The molecule has 222 valence electrons. The van der Waals surface area contributed by atoms with E-state index in [1.165, 1.54) is 5.01 Å². The summed E-state index contributed by atoms with van der Waals surface area (Å²) < 4.78 is 21.7. The Morgan fingerprint density at radius 1 is 1.00 bits per heavy atom. The van der Waals surface area contributed by atoms with Crippen LogP contribution in [0.15, 0.2) is 65.1 Å². The van der Waals surface area contributed by atoms with Crippen molar-refractivity contribution in [1.82, 2.24) is 14.8 Å². The molecular formula is C31H36N4O6S. The van der Waals surface area contributed by atoms with Gasteiger partial charge in [-0.25, -0.2) is 5.01 Å². The van der Waals surface area contributed by atoms with Gasteiger partial charge < -0.3 is 23.8 Å². The third kappa shape index (κ3) is 6.75. The van der Waals surface area contributed by atoms with Crippen molar-refractivity contribution in [2.75, 3.05) is 67.3 Å². The Balaban J connectivity index is 1.41. The lowest BCUT2D eigenvalue weighted by Crippen LogP contribution is -2.46. The molecule has 0 unspecified atom stereocenters. The molecule has 1 aromatic heterocycles. The van der Waals surface area contributed by atoms with Crippen LogP contribution in [0.25, 0.3) is 0 Å². The SMILES string of the molecule is COc1ccc(C(=O)N(CCN2CCOCC2)CC(=O)N2N=C(c3cccs3)C[C@@H]2c2ccc(OC)c(OC)c2)cc1. The van der Waals surface area contributed by atoms with Crippen LogP contribution >= 0.6 is 11.3 Å². The first kappa shape index (κ1) is 29.6. The summed E-state index contributed by atoms with van der Waals surface area (Å²) in [6.07, 6.45) is 0.544. The van der Waals surface area contributed by atoms with Crippen LogP contribution in [0.1, 0.15) is 33.3 Å². The number of carbonyl (C=O) groups is 2. The normalized spacial score (nSPS) is 17.1. The molecule has 1 atom stereocenters. The molecule has 5 rings (SSSR count). The van der Waals surface area contributed by atoms with E-state index in [1.807, 2.05) is 35.7 Å². The summed E-state index contributed by atoms with van der Waals surface area (Å²) in [4.78, 5) is 32.6. The minimum absolute atomic E-state index is 0.111. The number of amides is 2. The molecule has 42 heavy (non-hydrogen) atoms. The maximum atomic E-state index is 14.0. The molecule has 0 bridgehead atoms. The Morgan fingerprint density at radius 2 is 1.76 bits per heavy atom. The number of ether oxygens (including phenoxy) is 4. The van der Waals surface area contributed by atoms with Gasteiger partial charge in [0.15, 0.2) is 11.5 Å². The molecule has 0 aliphatic carbocycles. The molecule has 3 aromatic rings. The van der Waals surface area contributed by atoms with Gasteiger partial charge in [0.1, 0.15) is 12.3 Å². The Kier molecular flexibility index (Phi) is 9.73. The van der Waals surface area contributed by atoms with Crippen LogP contribution in [0.2, 0.25) is 0 Å². The van der Waals surface area contributed by atoms with Crippen LogP contribution in [-0.2, 0) is 9.53 Å². The van der Waals surface area contributed by atoms with E-state index in [0.717, 1.165) is 29.2 Å². The van der Waals surface area contributed by atoms with Gasteiger partial charge in [0, 0.05) is 38.2 Å². The number of methoxy groups -OCH3 is 3. The van der Waals surface area contributed by atoms with Gasteiger partial charge in [0.05, 0.1) is 51.2 Å². The second-order valence-corrected chi connectivity index (χ2v) is 11.0. The first-order valence-corrected chi connectivity index (χ1v) is 14.8. The van der Waals surface area contributed by atoms with Crippen LogP contribution in [0.3, 0.4) is 0 Å². The standard InChI is InChI=1S/C31H36N4O6S/c1-38-24-9-6-22(7-10-24)31(37)34(13-12-33-14-16-41-17-15-33)21-30(36)35-26(20-25(32-35)29-5-4-18-42-29)23-8-11-27(39-2)28(19-23)40-3/h4-11,18-19,26H,12-17,20-21H2,1-3H3/t26-/m1/s1. The number of morpholine rings is 1. The highest BCUT2D eigenvalue weighted by atomic mass is 32.1. The predicted octanol–water partition coefficient (Wildman–Crippen LogP) is 3.93. The van der Waals surface area contributed by atoms with Crippen LogP contribution < -0.4 is 14.2 Å². The second-order valence-electron chi connectivity index (χ2n) is 10.0. The summed E-state index contributed by atoms with van der Waals surface area (Å²) in [6.45, 7) is 3.83. The summed E-state index contributed by atoms with van der Waals surface area (Å²) >= 11 is 1.58. The highest BCUT2D eigenvalue weighted by molar-refractivity contribution is 7.12. The zero-order valence-electron chi connectivity index (χ0n) is 24.2. The van der Waals surface area contributed by atoms with Gasteiger partial charge in [-0.05, 0) is 53.4 Å². The van der Waals surface area contributed by atoms with Gasteiger partial charge in [0.25, 0.3) is 11.8 Å². The number of hydrogen-bond donors (Lipinski definition) is 0. The maximum absolute atomic E-state index is 14.0. The second kappa shape index (κ2) is 13.8. The smallest absolute Gasteiger partial charge is 0.262 e. The molecule has 2 aromatic carbocycles. The van der Waals surface area contributed by atoms with E-state index in [2.05, 4.69) is 4.90 Å². The molecule has 0 N–H and O–H groups in total. The van der Waals surface area contributed by atoms with Crippen LogP contribution in [0.5, 0.6) is 17.2 Å². The molecule has 0 radical (unpaired) electrons. The van der Waals surface area contributed by atoms with Crippen molar-refractivity contribution < 1.29 is 28.5 Å². The Labute approximate surface area is 250 Å². The summed E-state index contributed by atoms with van der Waals surface area (Å²) in [5.74, 6) is 1.37. The molecule has 1 saturated heterocycles. The molecule has 2 aliphatic heterocycles. The number of nitrogens with zero attached hydrogens (tertiary/aromatic N) is 4. The van der Waals surface area contributed by atoms with Gasteiger partial charge >= 0.3 is 0 Å². The maximum Gasteiger partial charge on any atom is 0.262 e. The van der Waals surface area contributed by atoms with Gasteiger partial charge in [0.2, 0.25) is 0 Å². The zero-order valence-corrected chi connectivity index (χ0v) is 25.0.